The molecular weight excluding hydrogens is 430 g/mol. The third-order valence-corrected chi connectivity index (χ3v) is 4.76. The molecule has 5 nitrogen and oxygen atoms in total. The number of hydrogen-bond donors (Lipinski definition) is 3. The summed E-state index contributed by atoms with van der Waals surface area (Å²) >= 11 is 3.36. The molecule has 0 saturated carbocycles. The molecule has 0 saturated heterocycles. The van der Waals surface area contributed by atoms with Crippen LogP contribution in [0.1, 0.15) is 12.0 Å². The molecule has 0 bridgehead atoms. The largest absolute Gasteiger partial charge is 0.376 e. The predicted molar refractivity (Wildman–Crippen MR) is 121 cm³/mol. The highest BCUT2D eigenvalue weighted by atomic mass is 79.9. The number of hydrogen-bond acceptors (Lipinski definition) is 3. The second kappa shape index (κ2) is 10.4. The van der Waals surface area contributed by atoms with Crippen molar-refractivity contribution in [3.8, 4) is 0 Å². The second-order valence-corrected chi connectivity index (χ2v) is 7.44. The summed E-state index contributed by atoms with van der Waals surface area (Å²) in [6.45, 7) is 0.152. The Bertz CT molecular complexity index is 942. The molecule has 0 aliphatic carbocycles. The summed E-state index contributed by atoms with van der Waals surface area (Å²) in [7, 11) is 0. The standard InChI is InChI=1S/C23H22BrN3O2/c24-18-7-9-20(10-8-18)27-23(29)16-25-19-11-13-21(14-12-19)26-22(28)15-6-17-4-2-1-3-5-17/h1-5,7-14,25H,6,15-16H2,(H,26,28)(H,27,29). The first-order valence-corrected chi connectivity index (χ1v) is 10.1. The normalized spacial score (nSPS) is 10.2. The van der Waals surface area contributed by atoms with Gasteiger partial charge in [-0.2, -0.15) is 0 Å². The molecule has 0 unspecified atom stereocenters. The van der Waals surface area contributed by atoms with E-state index in [0.717, 1.165) is 27.1 Å². The first-order chi connectivity index (χ1) is 14.1. The molecule has 0 heterocycles. The van der Waals surface area contributed by atoms with Gasteiger partial charge in [-0.25, -0.2) is 0 Å². The van der Waals surface area contributed by atoms with E-state index in [4.69, 9.17) is 0 Å². The van der Waals surface area contributed by atoms with Crippen molar-refractivity contribution in [2.75, 3.05) is 22.5 Å². The van der Waals surface area contributed by atoms with Gasteiger partial charge < -0.3 is 16.0 Å². The maximum absolute atomic E-state index is 12.1. The van der Waals surface area contributed by atoms with Crippen LogP contribution in [0.15, 0.2) is 83.3 Å². The van der Waals surface area contributed by atoms with Crippen LogP contribution in [-0.4, -0.2) is 18.4 Å². The molecule has 0 spiro atoms. The molecule has 0 atom stereocenters. The maximum atomic E-state index is 12.1. The maximum Gasteiger partial charge on any atom is 0.243 e. The van der Waals surface area contributed by atoms with Gasteiger partial charge in [-0.15, -0.1) is 0 Å². The zero-order chi connectivity index (χ0) is 20.5. The molecule has 29 heavy (non-hydrogen) atoms. The minimum absolute atomic E-state index is 0.0246. The van der Waals surface area contributed by atoms with Crippen molar-refractivity contribution < 1.29 is 9.59 Å². The lowest BCUT2D eigenvalue weighted by Crippen LogP contribution is -2.21. The summed E-state index contributed by atoms with van der Waals surface area (Å²) in [5.74, 6) is -0.158. The van der Waals surface area contributed by atoms with Gasteiger partial charge in [0.15, 0.2) is 0 Å². The molecule has 3 rings (SSSR count). The molecular formula is C23H22BrN3O2. The van der Waals surface area contributed by atoms with Crippen molar-refractivity contribution >= 4 is 44.8 Å². The molecule has 3 N–H and O–H groups in total. The number of benzene rings is 3. The summed E-state index contributed by atoms with van der Waals surface area (Å²) in [5, 5.41) is 8.79. The van der Waals surface area contributed by atoms with Crippen molar-refractivity contribution in [2.45, 2.75) is 12.8 Å². The van der Waals surface area contributed by atoms with E-state index in [0.29, 0.717) is 12.8 Å². The van der Waals surface area contributed by atoms with Gasteiger partial charge >= 0.3 is 0 Å². The Hall–Kier alpha value is -3.12. The number of rotatable bonds is 8. The summed E-state index contributed by atoms with van der Waals surface area (Å²) in [6, 6.07) is 24.6. The number of aryl methyl sites for hydroxylation is 1. The van der Waals surface area contributed by atoms with Crippen LogP contribution in [0.5, 0.6) is 0 Å². The highest BCUT2D eigenvalue weighted by Crippen LogP contribution is 2.15. The number of amides is 2. The Kier molecular flexibility index (Phi) is 7.41. The molecule has 148 valence electrons. The fourth-order valence-electron chi connectivity index (χ4n) is 2.72. The molecule has 0 radical (unpaired) electrons. The van der Waals surface area contributed by atoms with Crippen molar-refractivity contribution in [1.82, 2.24) is 0 Å². The first kappa shape index (κ1) is 20.6. The van der Waals surface area contributed by atoms with Crippen molar-refractivity contribution in [3.63, 3.8) is 0 Å². The van der Waals surface area contributed by atoms with Gasteiger partial charge in [0, 0.05) is 28.0 Å². The number of carbonyl (C=O) groups is 2. The van der Waals surface area contributed by atoms with Crippen LogP contribution in [0.25, 0.3) is 0 Å². The summed E-state index contributed by atoms with van der Waals surface area (Å²) in [6.07, 6.45) is 1.14. The van der Waals surface area contributed by atoms with Crippen molar-refractivity contribution in [1.29, 1.82) is 0 Å². The Balaban J connectivity index is 1.41. The Labute approximate surface area is 178 Å². The predicted octanol–water partition coefficient (Wildman–Crippen LogP) is 5.07. The average Bonchev–Trinajstić information content (AvgIpc) is 2.74. The van der Waals surface area contributed by atoms with Gasteiger partial charge in [-0.1, -0.05) is 46.3 Å². The van der Waals surface area contributed by atoms with Crippen LogP contribution in [0, 0.1) is 0 Å². The quantitative estimate of drug-likeness (QED) is 0.447. The Morgan fingerprint density at radius 1 is 0.690 bits per heavy atom. The van der Waals surface area contributed by atoms with Crippen molar-refractivity contribution in [2.24, 2.45) is 0 Å². The number of carbonyl (C=O) groups excluding carboxylic acids is 2. The summed E-state index contributed by atoms with van der Waals surface area (Å²) in [4.78, 5) is 24.1. The van der Waals surface area contributed by atoms with E-state index in [-0.39, 0.29) is 18.4 Å². The van der Waals surface area contributed by atoms with E-state index in [1.54, 1.807) is 0 Å². The minimum atomic E-state index is -0.134. The Morgan fingerprint density at radius 2 is 1.24 bits per heavy atom. The van der Waals surface area contributed by atoms with Gasteiger partial charge in [0.05, 0.1) is 6.54 Å². The average molecular weight is 452 g/mol. The lowest BCUT2D eigenvalue weighted by Gasteiger charge is -2.09. The zero-order valence-electron chi connectivity index (χ0n) is 15.8. The zero-order valence-corrected chi connectivity index (χ0v) is 17.4. The molecule has 3 aromatic rings. The second-order valence-electron chi connectivity index (χ2n) is 6.52. The van der Waals surface area contributed by atoms with Crippen LogP contribution in [0.4, 0.5) is 17.1 Å². The number of anilines is 3. The minimum Gasteiger partial charge on any atom is -0.376 e. The van der Waals surface area contributed by atoms with Gasteiger partial charge in [-0.3, -0.25) is 9.59 Å². The van der Waals surface area contributed by atoms with Crippen LogP contribution >= 0.6 is 15.9 Å². The van der Waals surface area contributed by atoms with Gasteiger partial charge in [0.25, 0.3) is 0 Å². The summed E-state index contributed by atoms with van der Waals surface area (Å²) in [5.41, 5.74) is 3.42. The molecule has 0 aliphatic rings. The van der Waals surface area contributed by atoms with Gasteiger partial charge in [0.2, 0.25) is 11.8 Å². The van der Waals surface area contributed by atoms with E-state index in [1.165, 1.54) is 0 Å². The smallest absolute Gasteiger partial charge is 0.243 e. The highest BCUT2D eigenvalue weighted by molar-refractivity contribution is 9.10. The molecule has 6 heteroatoms. The molecule has 3 aromatic carbocycles. The van der Waals surface area contributed by atoms with Crippen molar-refractivity contribution in [3.05, 3.63) is 88.9 Å². The van der Waals surface area contributed by atoms with Gasteiger partial charge in [0.1, 0.15) is 0 Å². The fraction of sp³-hybridized carbons (Fsp3) is 0.130. The van der Waals surface area contributed by atoms with E-state index in [1.807, 2.05) is 78.9 Å². The highest BCUT2D eigenvalue weighted by Gasteiger charge is 2.05. The van der Waals surface area contributed by atoms with E-state index in [2.05, 4.69) is 31.9 Å². The van der Waals surface area contributed by atoms with Crippen LogP contribution in [0.3, 0.4) is 0 Å². The fourth-order valence-corrected chi connectivity index (χ4v) is 2.98. The van der Waals surface area contributed by atoms with Crippen LogP contribution in [0.2, 0.25) is 0 Å². The van der Waals surface area contributed by atoms with E-state index >= 15 is 0 Å². The van der Waals surface area contributed by atoms with Crippen LogP contribution in [-0.2, 0) is 16.0 Å². The summed E-state index contributed by atoms with van der Waals surface area (Å²) < 4.78 is 0.959. The lowest BCUT2D eigenvalue weighted by molar-refractivity contribution is -0.116. The third kappa shape index (κ3) is 7.08. The van der Waals surface area contributed by atoms with E-state index < -0.39 is 0 Å². The molecule has 0 fully saturated rings. The van der Waals surface area contributed by atoms with Crippen LogP contribution < -0.4 is 16.0 Å². The number of halogens is 1. The first-order valence-electron chi connectivity index (χ1n) is 9.31. The van der Waals surface area contributed by atoms with E-state index in [9.17, 15) is 9.59 Å². The van der Waals surface area contributed by atoms with Gasteiger partial charge in [-0.05, 0) is 60.5 Å². The Morgan fingerprint density at radius 3 is 1.90 bits per heavy atom. The monoisotopic (exact) mass is 451 g/mol. The number of nitrogens with one attached hydrogen (secondary N) is 3. The molecule has 2 amide bonds. The topological polar surface area (TPSA) is 70.2 Å². The molecule has 0 aromatic heterocycles. The lowest BCUT2D eigenvalue weighted by atomic mass is 10.1. The SMILES string of the molecule is O=C(CCc1ccccc1)Nc1ccc(NCC(=O)Nc2ccc(Br)cc2)cc1. The molecule has 0 aliphatic heterocycles. The third-order valence-electron chi connectivity index (χ3n) is 4.23.